The molecule has 180 valence electrons. The van der Waals surface area contributed by atoms with E-state index in [1.165, 1.54) is 11.3 Å². The molecule has 6 nitrogen and oxygen atoms in total. The first-order chi connectivity index (χ1) is 17.0. The van der Waals surface area contributed by atoms with Crippen molar-refractivity contribution in [2.45, 2.75) is 19.8 Å². The van der Waals surface area contributed by atoms with Gasteiger partial charge in [-0.2, -0.15) is 0 Å². The van der Waals surface area contributed by atoms with Gasteiger partial charge in [0.15, 0.2) is 0 Å². The number of fused-ring (bicyclic) bond motifs is 1. The second-order valence-corrected chi connectivity index (χ2v) is 10.1. The molecule has 7 heteroatoms. The molecule has 35 heavy (non-hydrogen) atoms. The van der Waals surface area contributed by atoms with Crippen molar-refractivity contribution in [3.63, 3.8) is 0 Å². The standard InChI is InChI=1S/C28H29N3O3S/c1-19-7-13-25(35-19)28(33)31-17-15-30(16-18-31)26(32)14-12-23-22-5-3-4-6-24(22)29-27(23)20-8-10-21(34-2)11-9-20/h3-11,13,29H,12,14-18H2,1-2H3. The smallest absolute Gasteiger partial charge is 0.264 e. The third kappa shape index (κ3) is 4.82. The summed E-state index contributed by atoms with van der Waals surface area (Å²) in [6, 6.07) is 20.1. The second kappa shape index (κ2) is 9.96. The van der Waals surface area contributed by atoms with E-state index in [-0.39, 0.29) is 11.8 Å². The molecule has 3 heterocycles. The van der Waals surface area contributed by atoms with Gasteiger partial charge in [-0.25, -0.2) is 0 Å². The number of para-hydroxylation sites is 1. The number of aromatic nitrogens is 1. The van der Waals surface area contributed by atoms with Crippen molar-refractivity contribution >= 4 is 34.1 Å². The highest BCUT2D eigenvalue weighted by Gasteiger charge is 2.26. The van der Waals surface area contributed by atoms with Crippen molar-refractivity contribution < 1.29 is 14.3 Å². The Hall–Kier alpha value is -3.58. The molecular weight excluding hydrogens is 458 g/mol. The van der Waals surface area contributed by atoms with E-state index in [0.29, 0.717) is 39.0 Å². The van der Waals surface area contributed by atoms with E-state index < -0.39 is 0 Å². The van der Waals surface area contributed by atoms with Gasteiger partial charge in [0.05, 0.1) is 12.0 Å². The number of piperazine rings is 1. The molecule has 1 aliphatic heterocycles. The average Bonchev–Trinajstić information content (AvgIpc) is 3.50. The van der Waals surface area contributed by atoms with Crippen LogP contribution in [0.1, 0.15) is 26.5 Å². The summed E-state index contributed by atoms with van der Waals surface area (Å²) >= 11 is 1.52. The molecule has 0 atom stereocenters. The van der Waals surface area contributed by atoms with Crippen molar-refractivity contribution in [1.29, 1.82) is 0 Å². The molecule has 1 N–H and O–H groups in total. The molecule has 0 radical (unpaired) electrons. The highest BCUT2D eigenvalue weighted by molar-refractivity contribution is 7.13. The van der Waals surface area contributed by atoms with Crippen LogP contribution in [0.5, 0.6) is 5.75 Å². The molecule has 0 aliphatic carbocycles. The van der Waals surface area contributed by atoms with E-state index in [2.05, 4.69) is 17.1 Å². The van der Waals surface area contributed by atoms with Gasteiger partial charge in [0, 0.05) is 54.1 Å². The van der Waals surface area contributed by atoms with Crippen LogP contribution in [-0.4, -0.2) is 59.9 Å². The van der Waals surface area contributed by atoms with E-state index in [1.54, 1.807) is 7.11 Å². The number of carbonyl (C=O) groups is 2. The highest BCUT2D eigenvalue weighted by Crippen LogP contribution is 2.32. The van der Waals surface area contributed by atoms with Gasteiger partial charge < -0.3 is 19.5 Å². The molecule has 2 aromatic carbocycles. The van der Waals surface area contributed by atoms with Crippen LogP contribution < -0.4 is 4.74 Å². The number of nitrogens with one attached hydrogen (secondary N) is 1. The topological polar surface area (TPSA) is 65.6 Å². The quantitative estimate of drug-likeness (QED) is 0.410. The lowest BCUT2D eigenvalue weighted by atomic mass is 10.0. The predicted molar refractivity (Wildman–Crippen MR) is 140 cm³/mol. The first-order valence-electron chi connectivity index (χ1n) is 11.9. The number of amides is 2. The minimum Gasteiger partial charge on any atom is -0.497 e. The normalized spacial score (nSPS) is 13.9. The van der Waals surface area contributed by atoms with Crippen LogP contribution in [0.3, 0.4) is 0 Å². The fourth-order valence-electron chi connectivity index (χ4n) is 4.72. The zero-order chi connectivity index (χ0) is 24.4. The van der Waals surface area contributed by atoms with E-state index in [9.17, 15) is 9.59 Å². The van der Waals surface area contributed by atoms with Crippen molar-refractivity contribution in [1.82, 2.24) is 14.8 Å². The molecule has 0 unspecified atom stereocenters. The molecule has 1 saturated heterocycles. The van der Waals surface area contributed by atoms with Gasteiger partial charge >= 0.3 is 0 Å². The van der Waals surface area contributed by atoms with Gasteiger partial charge in [-0.3, -0.25) is 9.59 Å². The summed E-state index contributed by atoms with van der Waals surface area (Å²) in [5.41, 5.74) is 4.33. The monoisotopic (exact) mass is 487 g/mol. The summed E-state index contributed by atoms with van der Waals surface area (Å²) in [7, 11) is 1.66. The third-order valence-electron chi connectivity index (χ3n) is 6.65. The number of benzene rings is 2. The molecule has 1 fully saturated rings. The van der Waals surface area contributed by atoms with Crippen LogP contribution in [0.4, 0.5) is 0 Å². The van der Waals surface area contributed by atoms with Crippen LogP contribution in [0, 0.1) is 6.92 Å². The summed E-state index contributed by atoms with van der Waals surface area (Å²) in [6.45, 7) is 4.31. The lowest BCUT2D eigenvalue weighted by molar-refractivity contribution is -0.132. The van der Waals surface area contributed by atoms with Crippen LogP contribution in [0.25, 0.3) is 22.2 Å². The highest BCUT2D eigenvalue weighted by atomic mass is 32.1. The van der Waals surface area contributed by atoms with Gasteiger partial charge in [-0.15, -0.1) is 11.3 Å². The Balaban J connectivity index is 1.26. The number of ether oxygens (including phenoxy) is 1. The first kappa shape index (κ1) is 23.2. The van der Waals surface area contributed by atoms with Crippen molar-refractivity contribution in [3.8, 4) is 17.0 Å². The third-order valence-corrected chi connectivity index (χ3v) is 7.64. The molecule has 2 amide bonds. The fraction of sp³-hybridized carbons (Fsp3) is 0.286. The van der Waals surface area contributed by atoms with Crippen molar-refractivity contribution in [3.05, 3.63) is 76.0 Å². The Morgan fingerprint density at radius 1 is 0.943 bits per heavy atom. The average molecular weight is 488 g/mol. The Kier molecular flexibility index (Phi) is 6.59. The minimum atomic E-state index is 0.0677. The zero-order valence-electron chi connectivity index (χ0n) is 20.0. The largest absolute Gasteiger partial charge is 0.497 e. The molecule has 0 bridgehead atoms. The number of carbonyl (C=O) groups excluding carboxylic acids is 2. The van der Waals surface area contributed by atoms with Gasteiger partial charge in [-0.05, 0) is 66.9 Å². The van der Waals surface area contributed by atoms with Crippen molar-refractivity contribution in [2.24, 2.45) is 0 Å². The molecule has 1 aliphatic rings. The molecule has 0 saturated carbocycles. The number of aryl methyl sites for hydroxylation is 2. The Morgan fingerprint density at radius 3 is 2.34 bits per heavy atom. The van der Waals surface area contributed by atoms with E-state index in [1.807, 2.05) is 65.3 Å². The molecular formula is C28H29N3O3S. The summed E-state index contributed by atoms with van der Waals surface area (Å²) in [6.07, 6.45) is 1.08. The Bertz CT molecular complexity index is 1350. The lowest BCUT2D eigenvalue weighted by Crippen LogP contribution is -2.50. The minimum absolute atomic E-state index is 0.0677. The number of hydrogen-bond donors (Lipinski definition) is 1. The number of thiophene rings is 1. The van der Waals surface area contributed by atoms with Gasteiger partial charge in [0.1, 0.15) is 5.75 Å². The lowest BCUT2D eigenvalue weighted by Gasteiger charge is -2.34. The van der Waals surface area contributed by atoms with Gasteiger partial charge in [0.25, 0.3) is 5.91 Å². The number of aromatic amines is 1. The summed E-state index contributed by atoms with van der Waals surface area (Å²) in [5.74, 6) is 1.02. The number of rotatable bonds is 6. The predicted octanol–water partition coefficient (Wildman–Crippen LogP) is 5.13. The van der Waals surface area contributed by atoms with Crippen molar-refractivity contribution in [2.75, 3.05) is 33.3 Å². The van der Waals surface area contributed by atoms with E-state index in [4.69, 9.17) is 4.74 Å². The SMILES string of the molecule is COc1ccc(-c2[nH]c3ccccc3c2CCC(=O)N2CCN(C(=O)c3ccc(C)s3)CC2)cc1. The molecule has 2 aromatic heterocycles. The number of methoxy groups -OCH3 is 1. The number of nitrogens with zero attached hydrogens (tertiary/aromatic N) is 2. The maximum absolute atomic E-state index is 13.1. The molecule has 4 aromatic rings. The second-order valence-electron chi connectivity index (χ2n) is 8.84. The van der Waals surface area contributed by atoms with E-state index in [0.717, 1.165) is 43.2 Å². The number of H-pyrrole nitrogens is 1. The maximum atomic E-state index is 13.1. The zero-order valence-corrected chi connectivity index (χ0v) is 20.9. The van der Waals surface area contributed by atoms with Gasteiger partial charge in [-0.1, -0.05) is 18.2 Å². The maximum Gasteiger partial charge on any atom is 0.264 e. The van der Waals surface area contributed by atoms with Crippen LogP contribution >= 0.6 is 11.3 Å². The first-order valence-corrected chi connectivity index (χ1v) is 12.7. The van der Waals surface area contributed by atoms with Crippen LogP contribution in [0.2, 0.25) is 0 Å². The van der Waals surface area contributed by atoms with Crippen LogP contribution in [0.15, 0.2) is 60.7 Å². The summed E-state index contributed by atoms with van der Waals surface area (Å²) in [4.78, 5) is 35.0. The molecule has 5 rings (SSSR count). The number of hydrogen-bond acceptors (Lipinski definition) is 4. The molecule has 0 spiro atoms. The Labute approximate surface area is 209 Å². The fourth-order valence-corrected chi connectivity index (χ4v) is 5.55. The van der Waals surface area contributed by atoms with E-state index >= 15 is 0 Å². The van der Waals surface area contributed by atoms with Gasteiger partial charge in [0.2, 0.25) is 5.91 Å². The summed E-state index contributed by atoms with van der Waals surface area (Å²) in [5, 5.41) is 1.15. The Morgan fingerprint density at radius 2 is 1.66 bits per heavy atom. The van der Waals surface area contributed by atoms with Crippen LogP contribution in [-0.2, 0) is 11.2 Å². The summed E-state index contributed by atoms with van der Waals surface area (Å²) < 4.78 is 5.30.